The lowest BCUT2D eigenvalue weighted by Crippen LogP contribution is -2.08. The monoisotopic (exact) mass is 371 g/mol. The normalized spacial score (nSPS) is 16.6. The molecule has 2 aromatic carbocycles. The van der Waals surface area contributed by atoms with Crippen LogP contribution in [0.2, 0.25) is 0 Å². The zero-order valence-electron chi connectivity index (χ0n) is 13.6. The first-order valence-corrected chi connectivity index (χ1v) is 8.86. The third kappa shape index (κ3) is 3.45. The minimum Gasteiger partial charge on any atom is -0.508 e. The molecule has 2 aromatic rings. The van der Waals surface area contributed by atoms with E-state index in [0.717, 1.165) is 34.9 Å². The maximum atomic E-state index is 10.3. The maximum absolute atomic E-state index is 10.3. The van der Waals surface area contributed by atoms with Crippen LogP contribution in [0.4, 0.5) is 5.69 Å². The van der Waals surface area contributed by atoms with Gasteiger partial charge in [-0.05, 0) is 68.0 Å². The fourth-order valence-electron chi connectivity index (χ4n) is 3.35. The molecule has 1 heterocycles. The zero-order valence-corrected chi connectivity index (χ0v) is 15.2. The van der Waals surface area contributed by atoms with Crippen LogP contribution in [0.15, 0.2) is 47.0 Å². The lowest BCUT2D eigenvalue weighted by Gasteiger charge is -2.16. The Morgan fingerprint density at radius 3 is 2.87 bits per heavy atom. The summed E-state index contributed by atoms with van der Waals surface area (Å²) in [5.41, 5.74) is 6.01. The van der Waals surface area contributed by atoms with Gasteiger partial charge in [-0.25, -0.2) is 0 Å². The largest absolute Gasteiger partial charge is 0.508 e. The average Bonchev–Trinajstić information content (AvgIpc) is 2.89. The summed E-state index contributed by atoms with van der Waals surface area (Å²) in [4.78, 5) is 0. The van der Waals surface area contributed by atoms with Crippen LogP contribution < -0.4 is 5.32 Å². The van der Waals surface area contributed by atoms with E-state index in [1.807, 2.05) is 6.92 Å². The van der Waals surface area contributed by atoms with Gasteiger partial charge in [0.2, 0.25) is 0 Å². The van der Waals surface area contributed by atoms with E-state index in [-0.39, 0.29) is 6.04 Å². The van der Waals surface area contributed by atoms with Gasteiger partial charge in [0.05, 0.1) is 6.04 Å². The SMILES string of the molecule is CC=CCCc1ccc2c(c1)CC(c1c(C)cc(Br)cc1O)N2. The number of phenolic OH excluding ortho intramolecular Hbond substituents is 1. The molecule has 0 amide bonds. The Labute approximate surface area is 146 Å². The summed E-state index contributed by atoms with van der Waals surface area (Å²) in [5, 5.41) is 13.9. The van der Waals surface area contributed by atoms with Gasteiger partial charge in [0.25, 0.3) is 0 Å². The summed E-state index contributed by atoms with van der Waals surface area (Å²) < 4.78 is 0.915. The van der Waals surface area contributed by atoms with E-state index >= 15 is 0 Å². The third-order valence-electron chi connectivity index (χ3n) is 4.44. The molecule has 23 heavy (non-hydrogen) atoms. The third-order valence-corrected chi connectivity index (χ3v) is 4.89. The Morgan fingerprint density at radius 2 is 2.13 bits per heavy atom. The summed E-state index contributed by atoms with van der Waals surface area (Å²) in [5.74, 6) is 0.357. The molecule has 0 spiro atoms. The van der Waals surface area contributed by atoms with Crippen molar-refractivity contribution in [3.05, 3.63) is 69.2 Å². The van der Waals surface area contributed by atoms with Crippen molar-refractivity contribution in [2.24, 2.45) is 0 Å². The van der Waals surface area contributed by atoms with Crippen LogP contribution in [-0.2, 0) is 12.8 Å². The Balaban J connectivity index is 1.82. The number of hydrogen-bond acceptors (Lipinski definition) is 2. The first-order chi connectivity index (χ1) is 11.1. The van der Waals surface area contributed by atoms with Gasteiger partial charge in [-0.3, -0.25) is 0 Å². The summed E-state index contributed by atoms with van der Waals surface area (Å²) in [7, 11) is 0. The van der Waals surface area contributed by atoms with Crippen LogP contribution in [0, 0.1) is 6.92 Å². The number of aromatic hydroxyl groups is 1. The second kappa shape index (κ2) is 6.79. The number of aryl methyl sites for hydroxylation is 2. The van der Waals surface area contributed by atoms with Crippen molar-refractivity contribution in [2.45, 2.75) is 39.2 Å². The second-order valence-corrected chi connectivity index (χ2v) is 7.07. The van der Waals surface area contributed by atoms with Gasteiger partial charge >= 0.3 is 0 Å². The fourth-order valence-corrected chi connectivity index (χ4v) is 3.91. The molecule has 0 bridgehead atoms. The molecule has 0 fully saturated rings. The number of fused-ring (bicyclic) bond motifs is 1. The van der Waals surface area contributed by atoms with Gasteiger partial charge in [-0.1, -0.05) is 40.2 Å². The fraction of sp³-hybridized carbons (Fsp3) is 0.300. The molecule has 1 aliphatic rings. The molecule has 0 radical (unpaired) electrons. The number of anilines is 1. The second-order valence-electron chi connectivity index (χ2n) is 6.16. The minimum atomic E-state index is 0.142. The first kappa shape index (κ1) is 16.1. The van der Waals surface area contributed by atoms with E-state index < -0.39 is 0 Å². The van der Waals surface area contributed by atoms with Crippen molar-refractivity contribution in [1.29, 1.82) is 0 Å². The highest BCUT2D eigenvalue weighted by Gasteiger charge is 2.26. The molecule has 3 rings (SSSR count). The van der Waals surface area contributed by atoms with Crippen molar-refractivity contribution in [2.75, 3.05) is 5.32 Å². The number of nitrogens with one attached hydrogen (secondary N) is 1. The molecular weight excluding hydrogens is 350 g/mol. The molecule has 0 saturated heterocycles. The van der Waals surface area contributed by atoms with Crippen LogP contribution in [-0.4, -0.2) is 5.11 Å². The number of allylic oxidation sites excluding steroid dienone is 2. The summed E-state index contributed by atoms with van der Waals surface area (Å²) in [6.07, 6.45) is 7.38. The number of halogens is 1. The molecule has 2 nitrogen and oxygen atoms in total. The smallest absolute Gasteiger partial charge is 0.122 e. The number of phenols is 1. The zero-order chi connectivity index (χ0) is 16.4. The molecule has 1 atom stereocenters. The quantitative estimate of drug-likeness (QED) is 0.677. The number of hydrogen-bond donors (Lipinski definition) is 2. The highest BCUT2D eigenvalue weighted by Crippen LogP contribution is 2.40. The van der Waals surface area contributed by atoms with E-state index in [9.17, 15) is 5.11 Å². The van der Waals surface area contributed by atoms with Crippen molar-refractivity contribution >= 4 is 21.6 Å². The Morgan fingerprint density at radius 1 is 1.30 bits per heavy atom. The predicted molar refractivity (Wildman–Crippen MR) is 100 cm³/mol. The number of benzene rings is 2. The van der Waals surface area contributed by atoms with E-state index in [0.29, 0.717) is 5.75 Å². The maximum Gasteiger partial charge on any atom is 0.122 e. The molecular formula is C20H22BrNO. The highest BCUT2D eigenvalue weighted by atomic mass is 79.9. The van der Waals surface area contributed by atoms with Gasteiger partial charge in [-0.15, -0.1) is 0 Å². The van der Waals surface area contributed by atoms with Gasteiger partial charge in [-0.2, -0.15) is 0 Å². The Bertz CT molecular complexity index is 728. The average molecular weight is 372 g/mol. The van der Waals surface area contributed by atoms with Crippen molar-refractivity contribution < 1.29 is 5.11 Å². The summed E-state index contributed by atoms with van der Waals surface area (Å²) in [6.45, 7) is 4.11. The highest BCUT2D eigenvalue weighted by molar-refractivity contribution is 9.10. The molecule has 0 saturated carbocycles. The molecule has 1 unspecified atom stereocenters. The van der Waals surface area contributed by atoms with Gasteiger partial charge in [0.1, 0.15) is 5.75 Å². The van der Waals surface area contributed by atoms with E-state index in [2.05, 4.69) is 64.6 Å². The lowest BCUT2D eigenvalue weighted by atomic mass is 9.96. The minimum absolute atomic E-state index is 0.142. The molecule has 3 heteroatoms. The van der Waals surface area contributed by atoms with Crippen molar-refractivity contribution in [1.82, 2.24) is 0 Å². The Hall–Kier alpha value is -1.74. The summed E-state index contributed by atoms with van der Waals surface area (Å²) in [6, 6.07) is 10.6. The van der Waals surface area contributed by atoms with Crippen LogP contribution in [0.25, 0.3) is 0 Å². The van der Waals surface area contributed by atoms with Crippen LogP contribution in [0.1, 0.15) is 41.6 Å². The standard InChI is InChI=1S/C20H22BrNO/c1-3-4-5-6-14-7-8-17-15(10-14)11-18(22-17)20-13(2)9-16(21)12-19(20)23/h3-4,7-10,12,18,22-23H,5-6,11H2,1-2H3. The van der Waals surface area contributed by atoms with E-state index in [1.165, 1.54) is 16.8 Å². The molecule has 1 aliphatic heterocycles. The van der Waals surface area contributed by atoms with E-state index in [1.54, 1.807) is 6.07 Å². The first-order valence-electron chi connectivity index (χ1n) is 8.07. The van der Waals surface area contributed by atoms with Crippen molar-refractivity contribution in [3.63, 3.8) is 0 Å². The van der Waals surface area contributed by atoms with Crippen LogP contribution in [0.5, 0.6) is 5.75 Å². The molecule has 0 aromatic heterocycles. The lowest BCUT2D eigenvalue weighted by molar-refractivity contribution is 0.463. The van der Waals surface area contributed by atoms with Gasteiger partial charge < -0.3 is 10.4 Å². The summed E-state index contributed by atoms with van der Waals surface area (Å²) >= 11 is 3.44. The Kier molecular flexibility index (Phi) is 4.76. The molecule has 120 valence electrons. The van der Waals surface area contributed by atoms with E-state index in [4.69, 9.17) is 0 Å². The molecule has 2 N–H and O–H groups in total. The van der Waals surface area contributed by atoms with Crippen LogP contribution in [0.3, 0.4) is 0 Å². The van der Waals surface area contributed by atoms with Gasteiger partial charge in [0.15, 0.2) is 0 Å². The number of rotatable bonds is 4. The molecule has 0 aliphatic carbocycles. The topological polar surface area (TPSA) is 32.3 Å². The van der Waals surface area contributed by atoms with Crippen LogP contribution >= 0.6 is 15.9 Å². The van der Waals surface area contributed by atoms with Crippen molar-refractivity contribution in [3.8, 4) is 5.75 Å². The van der Waals surface area contributed by atoms with Gasteiger partial charge in [0, 0.05) is 15.7 Å². The predicted octanol–water partition coefficient (Wildman–Crippen LogP) is 5.68.